The van der Waals surface area contributed by atoms with E-state index in [1.54, 1.807) is 30.3 Å². The summed E-state index contributed by atoms with van der Waals surface area (Å²) in [6.07, 6.45) is 0. The van der Waals surface area contributed by atoms with Crippen LogP contribution in [0.5, 0.6) is 5.75 Å². The van der Waals surface area contributed by atoms with Gasteiger partial charge in [-0.05, 0) is 42.5 Å². The van der Waals surface area contributed by atoms with E-state index < -0.39 is 12.6 Å². The van der Waals surface area contributed by atoms with E-state index in [9.17, 15) is 9.59 Å². The first-order valence-electron chi connectivity index (χ1n) is 9.26. The van der Waals surface area contributed by atoms with Crippen LogP contribution in [-0.2, 0) is 11.3 Å². The highest BCUT2D eigenvalue weighted by Crippen LogP contribution is 2.28. The molecule has 4 aromatic rings. The Balaban J connectivity index is 1.52. The first kappa shape index (κ1) is 19.7. The van der Waals surface area contributed by atoms with Gasteiger partial charge in [0.2, 0.25) is 5.76 Å². The number of hydrogen-bond acceptors (Lipinski definition) is 5. The van der Waals surface area contributed by atoms with E-state index in [4.69, 9.17) is 25.5 Å². The van der Waals surface area contributed by atoms with Crippen LogP contribution < -0.4 is 4.74 Å². The van der Waals surface area contributed by atoms with Crippen LogP contribution in [-0.4, -0.2) is 18.4 Å². The molecule has 0 aliphatic rings. The Bertz CT molecular complexity index is 1180. The molecule has 0 saturated carbocycles. The molecule has 0 aliphatic carbocycles. The van der Waals surface area contributed by atoms with Crippen LogP contribution in [0, 0.1) is 0 Å². The molecular formula is C24H17ClO5. The molecule has 0 bridgehead atoms. The van der Waals surface area contributed by atoms with E-state index in [-0.39, 0.29) is 18.2 Å². The number of ether oxygens (including phenoxy) is 2. The second kappa shape index (κ2) is 8.84. The highest BCUT2D eigenvalue weighted by atomic mass is 35.5. The first-order valence-corrected chi connectivity index (χ1v) is 9.64. The number of furan rings is 1. The molecule has 0 spiro atoms. The summed E-state index contributed by atoms with van der Waals surface area (Å²) in [5.74, 6) is -0.366. The van der Waals surface area contributed by atoms with E-state index in [1.165, 1.54) is 0 Å². The van der Waals surface area contributed by atoms with Gasteiger partial charge in [-0.25, -0.2) is 4.79 Å². The summed E-state index contributed by atoms with van der Waals surface area (Å²) in [5, 5.41) is 1.28. The minimum Gasteiger partial charge on any atom is -0.489 e. The fraction of sp³-hybridized carbons (Fsp3) is 0.0833. The summed E-state index contributed by atoms with van der Waals surface area (Å²) >= 11 is 5.83. The summed E-state index contributed by atoms with van der Waals surface area (Å²) in [7, 11) is 0. The van der Waals surface area contributed by atoms with Gasteiger partial charge in [0.25, 0.3) is 0 Å². The minimum atomic E-state index is -0.722. The van der Waals surface area contributed by atoms with Crippen molar-refractivity contribution in [2.75, 3.05) is 6.61 Å². The molecule has 30 heavy (non-hydrogen) atoms. The van der Waals surface area contributed by atoms with Gasteiger partial charge in [0, 0.05) is 16.0 Å². The van der Waals surface area contributed by atoms with Crippen molar-refractivity contribution < 1.29 is 23.5 Å². The zero-order chi connectivity index (χ0) is 20.9. The van der Waals surface area contributed by atoms with Crippen molar-refractivity contribution in [3.05, 3.63) is 101 Å². The molecular weight excluding hydrogens is 404 g/mol. The Morgan fingerprint density at radius 1 is 0.867 bits per heavy atom. The number of carbonyl (C=O) groups excluding carboxylic acids is 2. The van der Waals surface area contributed by atoms with Crippen LogP contribution in [0.1, 0.15) is 26.5 Å². The lowest BCUT2D eigenvalue weighted by atomic mass is 10.1. The molecule has 0 atom stereocenters. The first-order chi connectivity index (χ1) is 14.6. The van der Waals surface area contributed by atoms with Crippen LogP contribution in [0.2, 0.25) is 5.02 Å². The number of fused-ring (bicyclic) bond motifs is 1. The third kappa shape index (κ3) is 4.36. The molecule has 0 radical (unpaired) electrons. The van der Waals surface area contributed by atoms with Gasteiger partial charge in [0.1, 0.15) is 17.9 Å². The Kier molecular flexibility index (Phi) is 5.82. The normalized spacial score (nSPS) is 10.7. The van der Waals surface area contributed by atoms with Gasteiger partial charge in [-0.15, -0.1) is 0 Å². The highest BCUT2D eigenvalue weighted by Gasteiger charge is 2.23. The number of carbonyl (C=O) groups is 2. The third-order valence-corrected chi connectivity index (χ3v) is 4.76. The lowest BCUT2D eigenvalue weighted by Gasteiger charge is -2.07. The monoisotopic (exact) mass is 420 g/mol. The van der Waals surface area contributed by atoms with Gasteiger partial charge in [0.15, 0.2) is 12.4 Å². The molecule has 0 fully saturated rings. The van der Waals surface area contributed by atoms with Gasteiger partial charge in [-0.3, -0.25) is 4.79 Å². The summed E-state index contributed by atoms with van der Waals surface area (Å²) in [4.78, 5) is 25.0. The van der Waals surface area contributed by atoms with Crippen LogP contribution in [0.4, 0.5) is 0 Å². The van der Waals surface area contributed by atoms with E-state index >= 15 is 0 Å². The largest absolute Gasteiger partial charge is 0.489 e. The van der Waals surface area contributed by atoms with Crippen LogP contribution >= 0.6 is 11.6 Å². The fourth-order valence-corrected chi connectivity index (χ4v) is 3.12. The van der Waals surface area contributed by atoms with Gasteiger partial charge in [0.05, 0.1) is 5.56 Å². The molecule has 4 rings (SSSR count). The second-order valence-corrected chi connectivity index (χ2v) is 6.95. The molecule has 0 N–H and O–H groups in total. The zero-order valence-corrected chi connectivity index (χ0v) is 16.6. The molecule has 0 unspecified atom stereocenters. The molecule has 0 aliphatic heterocycles. The van der Waals surface area contributed by atoms with Crippen molar-refractivity contribution in [3.63, 3.8) is 0 Å². The number of para-hydroxylation sites is 2. The van der Waals surface area contributed by atoms with E-state index in [1.807, 2.05) is 48.5 Å². The second-order valence-electron chi connectivity index (χ2n) is 6.51. The number of benzene rings is 3. The van der Waals surface area contributed by atoms with Crippen molar-refractivity contribution in [3.8, 4) is 5.75 Å². The maximum absolute atomic E-state index is 12.7. The Morgan fingerprint density at radius 2 is 1.57 bits per heavy atom. The molecule has 0 amide bonds. The Labute approximate surface area is 177 Å². The van der Waals surface area contributed by atoms with E-state index in [2.05, 4.69) is 0 Å². The summed E-state index contributed by atoms with van der Waals surface area (Å²) in [5.41, 5.74) is 1.52. The molecule has 3 aromatic carbocycles. The van der Waals surface area contributed by atoms with Gasteiger partial charge < -0.3 is 13.9 Å². The molecule has 0 saturated heterocycles. The topological polar surface area (TPSA) is 65.7 Å². The maximum atomic E-state index is 12.7. The maximum Gasteiger partial charge on any atom is 0.375 e. The number of esters is 1. The number of ketones is 1. The van der Waals surface area contributed by atoms with Crippen molar-refractivity contribution in [1.82, 2.24) is 0 Å². The zero-order valence-electron chi connectivity index (χ0n) is 15.8. The van der Waals surface area contributed by atoms with Crippen molar-refractivity contribution >= 4 is 34.3 Å². The average Bonchev–Trinajstić information content (AvgIpc) is 3.16. The minimum absolute atomic E-state index is 0.0241. The predicted octanol–water partition coefficient (Wildman–Crippen LogP) is 5.70. The predicted molar refractivity (Wildman–Crippen MR) is 113 cm³/mol. The van der Waals surface area contributed by atoms with Crippen molar-refractivity contribution in [1.29, 1.82) is 0 Å². The molecule has 6 heteroatoms. The van der Waals surface area contributed by atoms with E-state index in [0.717, 1.165) is 5.39 Å². The number of halogens is 1. The van der Waals surface area contributed by atoms with Gasteiger partial charge in [-0.2, -0.15) is 0 Å². The third-order valence-electron chi connectivity index (χ3n) is 4.51. The smallest absolute Gasteiger partial charge is 0.375 e. The quantitative estimate of drug-likeness (QED) is 0.283. The van der Waals surface area contributed by atoms with E-state index in [0.29, 0.717) is 27.5 Å². The molecule has 150 valence electrons. The summed E-state index contributed by atoms with van der Waals surface area (Å²) in [6, 6.07) is 22.9. The molecule has 5 nitrogen and oxygen atoms in total. The van der Waals surface area contributed by atoms with Crippen LogP contribution in [0.15, 0.2) is 83.3 Å². The Hall–Kier alpha value is -3.57. The number of hydrogen-bond donors (Lipinski definition) is 0. The lowest BCUT2D eigenvalue weighted by molar-refractivity contribution is 0.0443. The number of rotatable bonds is 7. The van der Waals surface area contributed by atoms with Crippen LogP contribution in [0.25, 0.3) is 11.0 Å². The van der Waals surface area contributed by atoms with Crippen LogP contribution in [0.3, 0.4) is 0 Å². The fourth-order valence-electron chi connectivity index (χ4n) is 2.99. The molecule has 1 aromatic heterocycles. The number of Topliss-reactive ketones (excluding diaryl/α,β-unsaturated/α-hetero) is 1. The average molecular weight is 421 g/mol. The van der Waals surface area contributed by atoms with Gasteiger partial charge >= 0.3 is 5.97 Å². The SMILES string of the molecule is O=C(COC(=O)c1oc2ccccc2c1COc1ccccc1)c1ccc(Cl)cc1. The highest BCUT2D eigenvalue weighted by molar-refractivity contribution is 6.30. The van der Waals surface area contributed by atoms with Crippen molar-refractivity contribution in [2.24, 2.45) is 0 Å². The van der Waals surface area contributed by atoms with Crippen molar-refractivity contribution in [2.45, 2.75) is 6.61 Å². The molecule has 1 heterocycles. The standard InChI is InChI=1S/C24H17ClO5/c25-17-12-10-16(11-13-17)21(26)15-29-24(27)23-20(14-28-18-6-2-1-3-7-18)19-8-4-5-9-22(19)30-23/h1-13H,14-15H2. The van der Waals surface area contributed by atoms with Gasteiger partial charge in [-0.1, -0.05) is 48.0 Å². The lowest BCUT2D eigenvalue weighted by Crippen LogP contribution is -2.15. The summed E-state index contributed by atoms with van der Waals surface area (Å²) < 4.78 is 16.8. The Morgan fingerprint density at radius 3 is 2.33 bits per heavy atom. The summed E-state index contributed by atoms with van der Waals surface area (Å²) in [6.45, 7) is -0.285.